The molecular weight excluding hydrogens is 1060 g/mol. The molecule has 0 saturated carbocycles. The molecule has 4 rings (SSSR count). The maximum absolute atomic E-state index is 13.7. The van der Waals surface area contributed by atoms with Crippen molar-refractivity contribution in [2.24, 2.45) is 0 Å². The van der Waals surface area contributed by atoms with Gasteiger partial charge in [0.15, 0.2) is 5.75 Å². The second-order valence-corrected chi connectivity index (χ2v) is 18.2. The van der Waals surface area contributed by atoms with Gasteiger partial charge in [-0.25, -0.2) is 14.4 Å². The zero-order valence-electron chi connectivity index (χ0n) is 41.1. The molecule has 27 nitrogen and oxygen atoms in total. The topological polar surface area (TPSA) is 429 Å². The number of fused-ring (bicyclic) bond motifs is 1. The molecule has 0 radical (unpaired) electrons. The molecule has 1 aromatic heterocycles. The molecule has 0 saturated heterocycles. The molecule has 12 N–H and O–H groups in total. The summed E-state index contributed by atoms with van der Waals surface area (Å²) in [5.74, 6) is -12.1. The van der Waals surface area contributed by atoms with Gasteiger partial charge in [0.05, 0.1) is 11.8 Å². The fourth-order valence-corrected chi connectivity index (χ4v) is 7.70. The Hall–Kier alpha value is -9.28. The molecule has 0 unspecified atom stereocenters. The van der Waals surface area contributed by atoms with Gasteiger partial charge in [-0.3, -0.25) is 43.3 Å². The number of amides is 7. The van der Waals surface area contributed by atoms with E-state index in [1.54, 1.807) is 6.07 Å². The standard InChI is InChI=1S/C49H55FN8O19S/c50-78(75,76)77-33-23-32(25-51-26-33)43(66)54-35(15-18-40(61)62)46(69)55-34(14-17-39(59)60)44(67)53-24-27-8-12-30(13-9-27)42(65)56-38(22-28-10-11-29-5-1-2-6-31(29)21-28)45(68)52-20-4-3-7-36(47(70)71)57-49(74)58-37(48(72)73)16-19-41(63)64/h1-2,5-6,8-13,21,23,25-26,34-38H,3-4,7,14-20,22,24H2,(H,52,68)(H,53,67)(H,54,66)(H,55,69)(H,56,65)(H,59,60)(H,61,62)(H,63,64)(H,70,71)(H,72,73)(H2,57,58,74)/t34-,35-,36-,37-,38-/m0/s1. The van der Waals surface area contributed by atoms with E-state index >= 15 is 0 Å². The first-order chi connectivity index (χ1) is 36.9. The van der Waals surface area contributed by atoms with Gasteiger partial charge < -0.3 is 66.9 Å². The number of hydrogen-bond acceptors (Lipinski definition) is 15. The molecule has 4 aromatic rings. The molecule has 3 aromatic carbocycles. The number of pyridine rings is 1. The van der Waals surface area contributed by atoms with Crippen molar-refractivity contribution in [3.8, 4) is 5.75 Å². The van der Waals surface area contributed by atoms with Gasteiger partial charge in [0.25, 0.3) is 11.8 Å². The summed E-state index contributed by atoms with van der Waals surface area (Å²) in [7, 11) is -5.51. The van der Waals surface area contributed by atoms with E-state index < -0.39 is 156 Å². The maximum atomic E-state index is 13.7. The normalized spacial score (nSPS) is 12.9. The lowest BCUT2D eigenvalue weighted by molar-refractivity contribution is -0.141. The van der Waals surface area contributed by atoms with Crippen LogP contribution in [0.5, 0.6) is 5.75 Å². The van der Waals surface area contributed by atoms with Crippen LogP contribution >= 0.6 is 0 Å². The number of carbonyl (C=O) groups is 11. The van der Waals surface area contributed by atoms with Crippen molar-refractivity contribution in [1.29, 1.82) is 0 Å². The Morgan fingerprint density at radius 3 is 1.64 bits per heavy atom. The Morgan fingerprint density at radius 1 is 0.526 bits per heavy atom. The third kappa shape index (κ3) is 21.5. The lowest BCUT2D eigenvalue weighted by Gasteiger charge is -2.23. The van der Waals surface area contributed by atoms with Gasteiger partial charge in [0.1, 0.15) is 30.2 Å². The van der Waals surface area contributed by atoms with Crippen molar-refractivity contribution in [2.45, 2.75) is 101 Å². The lowest BCUT2D eigenvalue weighted by Crippen LogP contribution is -2.53. The summed E-state index contributed by atoms with van der Waals surface area (Å²) in [6.45, 7) is -0.229. The number of aliphatic carboxylic acids is 5. The molecule has 0 aliphatic carbocycles. The minimum Gasteiger partial charge on any atom is -0.481 e. The smallest absolute Gasteiger partial charge is 0.481 e. The van der Waals surface area contributed by atoms with E-state index in [4.69, 9.17) is 5.11 Å². The zero-order chi connectivity index (χ0) is 57.5. The lowest BCUT2D eigenvalue weighted by atomic mass is 10.0. The van der Waals surface area contributed by atoms with Crippen LogP contribution < -0.4 is 41.4 Å². The molecule has 0 aliphatic heterocycles. The number of carboxylic acids is 5. The van der Waals surface area contributed by atoms with Crippen molar-refractivity contribution >= 4 is 86.7 Å². The molecular formula is C49H55FN8O19S. The summed E-state index contributed by atoms with van der Waals surface area (Å²) in [5.41, 5.74) is 0.734. The third-order valence-corrected chi connectivity index (χ3v) is 11.7. The first-order valence-electron chi connectivity index (χ1n) is 23.7. The van der Waals surface area contributed by atoms with Gasteiger partial charge in [-0.1, -0.05) is 58.5 Å². The Balaban J connectivity index is 1.40. The van der Waals surface area contributed by atoms with Crippen molar-refractivity contribution < 1.29 is 94.8 Å². The van der Waals surface area contributed by atoms with Crippen molar-refractivity contribution in [3.63, 3.8) is 0 Å². The van der Waals surface area contributed by atoms with E-state index in [1.807, 2.05) is 41.7 Å². The summed E-state index contributed by atoms with van der Waals surface area (Å²) in [6.07, 6.45) is -1.43. The van der Waals surface area contributed by atoms with Gasteiger partial charge in [0.2, 0.25) is 17.7 Å². The van der Waals surface area contributed by atoms with E-state index in [-0.39, 0.29) is 44.3 Å². The van der Waals surface area contributed by atoms with Crippen LogP contribution in [0.15, 0.2) is 85.2 Å². The summed E-state index contributed by atoms with van der Waals surface area (Å²) in [6, 6.07) is 10.8. The SMILES string of the molecule is O=C(O)CC[C@H](NC(=O)N[C@@H](CCCCNC(=O)[C@H](Cc1ccc2ccccc2c1)NC(=O)c1ccc(CNC(=O)[C@H](CCC(=O)O)NC(=O)[C@H](CCC(=O)O)NC(=O)c2cncc(OS(=O)(=O)F)c2)cc1)C(=O)O)C(=O)O. The first kappa shape index (κ1) is 61.3. The summed E-state index contributed by atoms with van der Waals surface area (Å²) >= 11 is 0. The molecule has 7 amide bonds. The third-order valence-electron chi connectivity index (χ3n) is 11.4. The molecule has 1 heterocycles. The van der Waals surface area contributed by atoms with Gasteiger partial charge >= 0.3 is 46.4 Å². The van der Waals surface area contributed by atoms with Crippen LogP contribution in [0.4, 0.5) is 8.68 Å². The molecule has 418 valence electrons. The summed E-state index contributed by atoms with van der Waals surface area (Å²) in [5, 5.41) is 65.0. The van der Waals surface area contributed by atoms with Crippen LogP contribution in [0.25, 0.3) is 10.8 Å². The van der Waals surface area contributed by atoms with Crippen LogP contribution in [0.3, 0.4) is 0 Å². The number of halogens is 1. The molecule has 0 bridgehead atoms. The quantitative estimate of drug-likeness (QED) is 0.0241. The second-order valence-electron chi connectivity index (χ2n) is 17.3. The fourth-order valence-electron chi connectivity index (χ4n) is 7.38. The van der Waals surface area contributed by atoms with Crippen LogP contribution in [-0.4, -0.2) is 141 Å². The predicted molar refractivity (Wildman–Crippen MR) is 267 cm³/mol. The Bertz CT molecular complexity index is 2980. The number of nitrogens with zero attached hydrogens (tertiary/aromatic N) is 1. The monoisotopic (exact) mass is 1110 g/mol. The molecule has 0 aliphatic rings. The number of unbranched alkanes of at least 4 members (excludes halogenated alkanes) is 1. The van der Waals surface area contributed by atoms with E-state index in [0.29, 0.717) is 11.1 Å². The zero-order valence-corrected chi connectivity index (χ0v) is 42.0. The van der Waals surface area contributed by atoms with Gasteiger partial charge in [-0.2, -0.15) is 8.42 Å². The maximum Gasteiger partial charge on any atom is 0.488 e. The minimum absolute atomic E-state index is 0.00469. The summed E-state index contributed by atoms with van der Waals surface area (Å²) < 4.78 is 38.9. The molecule has 5 atom stereocenters. The van der Waals surface area contributed by atoms with Gasteiger partial charge in [-0.15, -0.1) is 0 Å². The predicted octanol–water partition coefficient (Wildman–Crippen LogP) is 1.16. The number of carbonyl (C=O) groups excluding carboxylic acids is 6. The number of rotatable bonds is 32. The molecule has 0 spiro atoms. The largest absolute Gasteiger partial charge is 0.488 e. The number of aromatic nitrogens is 1. The number of carboxylic acid groups (broad SMARTS) is 5. The number of urea groups is 1. The Kier molecular flexibility index (Phi) is 23.3. The van der Waals surface area contributed by atoms with Crippen LogP contribution in [-0.2, 0) is 61.8 Å². The van der Waals surface area contributed by atoms with Crippen molar-refractivity contribution in [1.82, 2.24) is 42.2 Å². The fraction of sp³-hybridized carbons (Fsp3) is 0.347. The highest BCUT2D eigenvalue weighted by Crippen LogP contribution is 2.18. The highest BCUT2D eigenvalue weighted by molar-refractivity contribution is 7.81. The first-order valence-corrected chi connectivity index (χ1v) is 25.0. The van der Waals surface area contributed by atoms with Crippen molar-refractivity contribution in [3.05, 3.63) is 107 Å². The van der Waals surface area contributed by atoms with Crippen LogP contribution in [0, 0.1) is 0 Å². The van der Waals surface area contributed by atoms with Crippen LogP contribution in [0.2, 0.25) is 0 Å². The molecule has 29 heteroatoms. The van der Waals surface area contributed by atoms with E-state index in [0.717, 1.165) is 29.2 Å². The number of hydrogen-bond donors (Lipinski definition) is 12. The van der Waals surface area contributed by atoms with Gasteiger partial charge in [0, 0.05) is 50.5 Å². The highest BCUT2D eigenvalue weighted by Gasteiger charge is 2.30. The second kappa shape index (κ2) is 29.7. The van der Waals surface area contributed by atoms with E-state index in [9.17, 15) is 85.5 Å². The average molecular weight is 1110 g/mol. The minimum atomic E-state index is -5.51. The van der Waals surface area contributed by atoms with Crippen molar-refractivity contribution in [2.75, 3.05) is 6.54 Å². The van der Waals surface area contributed by atoms with Crippen LogP contribution in [0.1, 0.15) is 89.6 Å². The molecule has 0 fully saturated rings. The number of benzene rings is 3. The average Bonchev–Trinajstić information content (AvgIpc) is 3.37. The number of nitrogens with one attached hydrogen (secondary N) is 7. The van der Waals surface area contributed by atoms with E-state index in [1.165, 1.54) is 24.3 Å². The van der Waals surface area contributed by atoms with E-state index in [2.05, 4.69) is 41.1 Å². The van der Waals surface area contributed by atoms with Gasteiger partial charge in [-0.05, 0) is 78.6 Å². The highest BCUT2D eigenvalue weighted by atomic mass is 32.3. The Morgan fingerprint density at radius 2 is 1.05 bits per heavy atom. The Labute approximate surface area is 443 Å². The summed E-state index contributed by atoms with van der Waals surface area (Å²) in [4.78, 5) is 140. The molecule has 78 heavy (non-hydrogen) atoms.